The van der Waals surface area contributed by atoms with E-state index in [4.69, 9.17) is 0 Å². The minimum atomic E-state index is -2.23. The van der Waals surface area contributed by atoms with Crippen molar-refractivity contribution < 1.29 is 9.00 Å². The summed E-state index contributed by atoms with van der Waals surface area (Å²) in [6.45, 7) is 7.55. The number of rotatable bonds is 4. The van der Waals surface area contributed by atoms with Crippen LogP contribution in [0.5, 0.6) is 0 Å². The molecule has 0 spiro atoms. The van der Waals surface area contributed by atoms with Crippen LogP contribution < -0.4 is 0 Å². The van der Waals surface area contributed by atoms with Crippen molar-refractivity contribution in [2.24, 2.45) is 5.92 Å². The summed E-state index contributed by atoms with van der Waals surface area (Å²) in [6.07, 6.45) is 1.62. The van der Waals surface area contributed by atoms with Crippen LogP contribution in [-0.2, 0) is 14.3 Å². The Morgan fingerprint density at radius 3 is 2.26 bits per heavy atom. The first-order valence-electron chi connectivity index (χ1n) is 6.29. The molecule has 104 valence electrons. The van der Waals surface area contributed by atoms with E-state index >= 15 is 0 Å². The standard InChI is InChI=1S/C16H22O2S/c1-11(2)16(13(4)17)12(3)14-8-7-9-15(10-14)19(5,6)18/h7-11H,5H2,1-4,6H3/b16-12+. The van der Waals surface area contributed by atoms with Crippen molar-refractivity contribution in [3.05, 3.63) is 35.4 Å². The maximum atomic E-state index is 12.0. The summed E-state index contributed by atoms with van der Waals surface area (Å²) in [6, 6.07) is 7.49. The quantitative estimate of drug-likeness (QED) is 0.625. The molecule has 0 N–H and O–H groups in total. The molecule has 2 nitrogen and oxygen atoms in total. The van der Waals surface area contributed by atoms with Gasteiger partial charge in [-0.25, -0.2) is 0 Å². The molecule has 1 aromatic rings. The molecule has 1 aromatic carbocycles. The van der Waals surface area contributed by atoms with Crippen LogP contribution in [-0.4, -0.2) is 22.1 Å². The summed E-state index contributed by atoms with van der Waals surface area (Å²) in [5.74, 6) is 3.96. The summed E-state index contributed by atoms with van der Waals surface area (Å²) in [7, 11) is -2.23. The first kappa shape index (κ1) is 15.7. The highest BCUT2D eigenvalue weighted by molar-refractivity contribution is 7.99. The molecule has 19 heavy (non-hydrogen) atoms. The second-order valence-electron chi connectivity index (χ2n) is 5.28. The van der Waals surface area contributed by atoms with Gasteiger partial charge in [-0.2, -0.15) is 0 Å². The molecular weight excluding hydrogens is 256 g/mol. The Morgan fingerprint density at radius 1 is 1.26 bits per heavy atom. The second kappa shape index (κ2) is 5.74. The van der Waals surface area contributed by atoms with E-state index in [0.29, 0.717) is 0 Å². The monoisotopic (exact) mass is 278 g/mol. The van der Waals surface area contributed by atoms with Crippen molar-refractivity contribution in [1.29, 1.82) is 0 Å². The van der Waals surface area contributed by atoms with E-state index < -0.39 is 9.52 Å². The molecule has 1 unspecified atom stereocenters. The molecule has 0 aliphatic rings. The fourth-order valence-electron chi connectivity index (χ4n) is 2.26. The fourth-order valence-corrected chi connectivity index (χ4v) is 3.00. The molecule has 0 bridgehead atoms. The smallest absolute Gasteiger partial charge is 0.156 e. The topological polar surface area (TPSA) is 34.1 Å². The van der Waals surface area contributed by atoms with E-state index in [0.717, 1.165) is 21.6 Å². The van der Waals surface area contributed by atoms with Gasteiger partial charge in [0.1, 0.15) is 0 Å². The van der Waals surface area contributed by atoms with E-state index in [-0.39, 0.29) is 11.7 Å². The number of ketones is 1. The third-order valence-corrected chi connectivity index (χ3v) is 4.38. The second-order valence-corrected chi connectivity index (χ2v) is 7.76. The largest absolute Gasteiger partial charge is 0.295 e. The number of Topliss-reactive ketones (excluding diaryl/α,β-unsaturated/α-hetero) is 1. The number of allylic oxidation sites excluding steroid dienone is 2. The Labute approximate surface area is 116 Å². The third kappa shape index (κ3) is 3.80. The zero-order valence-electron chi connectivity index (χ0n) is 12.3. The highest BCUT2D eigenvalue weighted by Crippen LogP contribution is 2.26. The van der Waals surface area contributed by atoms with Crippen LogP contribution in [0.25, 0.3) is 5.57 Å². The van der Waals surface area contributed by atoms with Crippen molar-refractivity contribution in [3.8, 4) is 0 Å². The Bertz CT molecular complexity index is 620. The van der Waals surface area contributed by atoms with Crippen molar-refractivity contribution in [3.63, 3.8) is 0 Å². The summed E-state index contributed by atoms with van der Waals surface area (Å²) in [5, 5.41) is 0. The van der Waals surface area contributed by atoms with E-state index in [1.54, 1.807) is 13.2 Å². The molecule has 1 atom stereocenters. The molecule has 0 amide bonds. The molecule has 1 rings (SSSR count). The SMILES string of the molecule is C=S(C)(=O)c1cccc(/C(C)=C(/C(C)=O)C(C)C)c1. The molecule has 0 heterocycles. The molecule has 0 aromatic heterocycles. The zero-order valence-corrected chi connectivity index (χ0v) is 13.1. The van der Waals surface area contributed by atoms with Gasteiger partial charge in [0.15, 0.2) is 5.78 Å². The van der Waals surface area contributed by atoms with Crippen LogP contribution in [0.4, 0.5) is 0 Å². The lowest BCUT2D eigenvalue weighted by Gasteiger charge is -2.14. The van der Waals surface area contributed by atoms with Crippen LogP contribution in [0.2, 0.25) is 0 Å². The van der Waals surface area contributed by atoms with Crippen molar-refractivity contribution in [2.75, 3.05) is 6.26 Å². The first-order chi connectivity index (χ1) is 8.64. The van der Waals surface area contributed by atoms with Crippen molar-refractivity contribution in [1.82, 2.24) is 0 Å². The Balaban J connectivity index is 3.46. The van der Waals surface area contributed by atoms with E-state index in [1.165, 1.54) is 0 Å². The van der Waals surface area contributed by atoms with Gasteiger partial charge < -0.3 is 0 Å². The average Bonchev–Trinajstić information content (AvgIpc) is 2.27. The van der Waals surface area contributed by atoms with Crippen LogP contribution in [0, 0.1) is 5.92 Å². The van der Waals surface area contributed by atoms with Gasteiger partial charge >= 0.3 is 0 Å². The predicted octanol–water partition coefficient (Wildman–Crippen LogP) is 3.41. The maximum absolute atomic E-state index is 12.0. The number of carbonyl (C=O) groups is 1. The normalized spacial score (nSPS) is 15.9. The van der Waals surface area contributed by atoms with Crippen molar-refractivity contribution in [2.45, 2.75) is 32.6 Å². The molecule has 0 fully saturated rings. The number of hydrogen-bond donors (Lipinski definition) is 0. The van der Waals surface area contributed by atoms with Gasteiger partial charge in [-0.3, -0.25) is 9.00 Å². The van der Waals surface area contributed by atoms with E-state index in [2.05, 4.69) is 5.87 Å². The predicted molar refractivity (Wildman–Crippen MR) is 84.0 cm³/mol. The summed E-state index contributed by atoms with van der Waals surface area (Å²) in [4.78, 5) is 12.5. The Morgan fingerprint density at radius 2 is 1.84 bits per heavy atom. The molecule has 0 aliphatic heterocycles. The summed E-state index contributed by atoms with van der Waals surface area (Å²) in [5.41, 5.74) is 2.71. The van der Waals surface area contributed by atoms with Gasteiger partial charge in [0, 0.05) is 16.7 Å². The third-order valence-electron chi connectivity index (χ3n) is 3.13. The van der Waals surface area contributed by atoms with Crippen LogP contribution >= 0.6 is 0 Å². The van der Waals surface area contributed by atoms with E-state index in [1.807, 2.05) is 45.0 Å². The van der Waals surface area contributed by atoms with Gasteiger partial charge in [-0.15, -0.1) is 0 Å². The lowest BCUT2D eigenvalue weighted by molar-refractivity contribution is -0.113. The van der Waals surface area contributed by atoms with Gasteiger partial charge in [-0.05, 0) is 58.4 Å². The highest BCUT2D eigenvalue weighted by atomic mass is 32.2. The van der Waals surface area contributed by atoms with Gasteiger partial charge in [0.25, 0.3) is 0 Å². The van der Waals surface area contributed by atoms with Crippen LogP contribution in [0.1, 0.15) is 33.3 Å². The molecule has 0 saturated heterocycles. The van der Waals surface area contributed by atoms with Crippen LogP contribution in [0.15, 0.2) is 34.7 Å². The van der Waals surface area contributed by atoms with Crippen LogP contribution in [0.3, 0.4) is 0 Å². The van der Waals surface area contributed by atoms with E-state index in [9.17, 15) is 9.00 Å². The molecule has 0 aliphatic carbocycles. The number of hydrogen-bond acceptors (Lipinski definition) is 2. The minimum absolute atomic E-state index is 0.0877. The Hall–Kier alpha value is -1.35. The maximum Gasteiger partial charge on any atom is 0.156 e. The average molecular weight is 278 g/mol. The minimum Gasteiger partial charge on any atom is -0.295 e. The highest BCUT2D eigenvalue weighted by Gasteiger charge is 2.14. The van der Waals surface area contributed by atoms with Gasteiger partial charge in [0.05, 0.1) is 0 Å². The summed E-state index contributed by atoms with van der Waals surface area (Å²) >= 11 is 0. The number of carbonyl (C=O) groups excluding carboxylic acids is 1. The summed E-state index contributed by atoms with van der Waals surface area (Å²) < 4.78 is 12.0. The Kier molecular flexibility index (Phi) is 4.75. The number of benzene rings is 1. The molecular formula is C16H22O2S. The van der Waals surface area contributed by atoms with Gasteiger partial charge in [0.2, 0.25) is 0 Å². The lowest BCUT2D eigenvalue weighted by Crippen LogP contribution is -2.07. The fraction of sp³-hybridized carbons (Fsp3) is 0.375. The molecule has 0 saturated carbocycles. The van der Waals surface area contributed by atoms with Crippen molar-refractivity contribution >= 4 is 26.7 Å². The van der Waals surface area contributed by atoms with Gasteiger partial charge in [-0.1, -0.05) is 26.0 Å². The molecule has 0 radical (unpaired) electrons. The molecule has 3 heteroatoms. The zero-order chi connectivity index (χ0) is 14.8. The lowest BCUT2D eigenvalue weighted by atomic mass is 9.91. The first-order valence-corrected chi connectivity index (χ1v) is 8.42.